The fourth-order valence-electron chi connectivity index (χ4n) is 2.33. The maximum Gasteiger partial charge on any atom is 0.341 e. The number of ether oxygens (including phenoxy) is 1. The van der Waals surface area contributed by atoms with Gasteiger partial charge in [0.05, 0.1) is 0 Å². The molecule has 0 heterocycles. The molecule has 1 unspecified atom stereocenters. The van der Waals surface area contributed by atoms with E-state index >= 15 is 0 Å². The maximum absolute atomic E-state index is 11.9. The van der Waals surface area contributed by atoms with Crippen molar-refractivity contribution in [2.75, 3.05) is 6.61 Å². The Morgan fingerprint density at radius 3 is 2.10 bits per heavy atom. The van der Waals surface area contributed by atoms with Crippen molar-refractivity contribution in [3.05, 3.63) is 71.8 Å². The van der Waals surface area contributed by atoms with Crippen LogP contribution in [0.2, 0.25) is 0 Å². The fourth-order valence-corrected chi connectivity index (χ4v) is 2.33. The van der Waals surface area contributed by atoms with Gasteiger partial charge in [-0.25, -0.2) is 4.79 Å². The largest absolute Gasteiger partial charge is 0.479 e. The third-order valence-electron chi connectivity index (χ3n) is 3.27. The average molecular weight is 270 g/mol. The van der Waals surface area contributed by atoms with Gasteiger partial charge in [-0.05, 0) is 18.1 Å². The predicted octanol–water partition coefficient (Wildman–Crippen LogP) is 3.25. The summed E-state index contributed by atoms with van der Waals surface area (Å²) in [5.41, 5.74) is 0.266. The monoisotopic (exact) mass is 270 g/mol. The summed E-state index contributed by atoms with van der Waals surface area (Å²) in [7, 11) is 0. The number of rotatable bonds is 6. The molecule has 20 heavy (non-hydrogen) atoms. The summed E-state index contributed by atoms with van der Waals surface area (Å²) in [6.45, 7) is 2.15. The van der Waals surface area contributed by atoms with Crippen LogP contribution in [0.15, 0.2) is 60.7 Å². The Hall–Kier alpha value is -2.13. The number of carbonyl (C=O) groups is 1. The number of carboxylic acids is 1. The van der Waals surface area contributed by atoms with Gasteiger partial charge in [0, 0.05) is 13.0 Å². The van der Waals surface area contributed by atoms with Crippen LogP contribution in [0.3, 0.4) is 0 Å². The second-order valence-corrected chi connectivity index (χ2v) is 4.59. The lowest BCUT2D eigenvalue weighted by Crippen LogP contribution is -2.41. The minimum atomic E-state index is -1.34. The maximum atomic E-state index is 11.9. The van der Waals surface area contributed by atoms with E-state index in [1.807, 2.05) is 55.5 Å². The van der Waals surface area contributed by atoms with Gasteiger partial charge in [0.25, 0.3) is 0 Å². The molecule has 0 amide bonds. The molecule has 0 aliphatic rings. The topological polar surface area (TPSA) is 46.5 Å². The first kappa shape index (κ1) is 14.3. The van der Waals surface area contributed by atoms with Gasteiger partial charge in [0.2, 0.25) is 0 Å². The first-order chi connectivity index (χ1) is 9.69. The van der Waals surface area contributed by atoms with Crippen molar-refractivity contribution < 1.29 is 14.6 Å². The molecule has 3 heteroatoms. The van der Waals surface area contributed by atoms with Crippen LogP contribution in [0, 0.1) is 0 Å². The van der Waals surface area contributed by atoms with Gasteiger partial charge in [0.1, 0.15) is 0 Å². The van der Waals surface area contributed by atoms with Crippen LogP contribution < -0.4 is 0 Å². The van der Waals surface area contributed by atoms with Crippen molar-refractivity contribution in [1.29, 1.82) is 0 Å². The van der Waals surface area contributed by atoms with Crippen LogP contribution >= 0.6 is 0 Å². The van der Waals surface area contributed by atoms with Crippen LogP contribution in [0.5, 0.6) is 0 Å². The Labute approximate surface area is 118 Å². The first-order valence-corrected chi connectivity index (χ1v) is 6.66. The second kappa shape index (κ2) is 6.35. The molecule has 0 fully saturated rings. The number of hydrogen-bond donors (Lipinski definition) is 1. The molecule has 1 N–H and O–H groups in total. The van der Waals surface area contributed by atoms with Crippen molar-refractivity contribution in [3.63, 3.8) is 0 Å². The predicted molar refractivity (Wildman–Crippen MR) is 77.5 cm³/mol. The van der Waals surface area contributed by atoms with E-state index in [0.29, 0.717) is 18.6 Å². The van der Waals surface area contributed by atoms with Crippen molar-refractivity contribution in [3.8, 4) is 0 Å². The van der Waals surface area contributed by atoms with Crippen LogP contribution in [-0.4, -0.2) is 17.7 Å². The SMILES string of the molecule is CCOC(Cc1ccccc1)(C(=O)O)c1ccccc1. The van der Waals surface area contributed by atoms with E-state index in [0.717, 1.165) is 5.56 Å². The zero-order chi connectivity index (χ0) is 14.4. The molecule has 0 saturated heterocycles. The Bertz CT molecular complexity index is 551. The number of carboxylic acid groups (broad SMARTS) is 1. The summed E-state index contributed by atoms with van der Waals surface area (Å²) >= 11 is 0. The van der Waals surface area contributed by atoms with Gasteiger partial charge >= 0.3 is 5.97 Å². The van der Waals surface area contributed by atoms with Crippen molar-refractivity contribution in [2.24, 2.45) is 0 Å². The third kappa shape index (κ3) is 2.89. The van der Waals surface area contributed by atoms with Crippen LogP contribution in [0.4, 0.5) is 0 Å². The highest BCUT2D eigenvalue weighted by molar-refractivity contribution is 5.80. The van der Waals surface area contributed by atoms with E-state index in [1.165, 1.54) is 0 Å². The Kier molecular flexibility index (Phi) is 4.53. The minimum Gasteiger partial charge on any atom is -0.479 e. The van der Waals surface area contributed by atoms with Gasteiger partial charge in [-0.1, -0.05) is 60.7 Å². The molecule has 0 radical (unpaired) electrons. The van der Waals surface area contributed by atoms with Gasteiger partial charge in [0.15, 0.2) is 5.60 Å². The smallest absolute Gasteiger partial charge is 0.341 e. The lowest BCUT2D eigenvalue weighted by Gasteiger charge is -2.30. The van der Waals surface area contributed by atoms with Gasteiger partial charge < -0.3 is 9.84 Å². The number of benzene rings is 2. The lowest BCUT2D eigenvalue weighted by atomic mass is 9.87. The zero-order valence-corrected chi connectivity index (χ0v) is 11.5. The summed E-state index contributed by atoms with van der Waals surface area (Å²) in [4.78, 5) is 11.9. The van der Waals surface area contributed by atoms with E-state index in [4.69, 9.17) is 4.74 Å². The molecule has 0 spiro atoms. The zero-order valence-electron chi connectivity index (χ0n) is 11.5. The summed E-state index contributed by atoms with van der Waals surface area (Å²) in [5.74, 6) is -0.964. The summed E-state index contributed by atoms with van der Waals surface area (Å²) in [6.07, 6.45) is 0.307. The van der Waals surface area contributed by atoms with Crippen LogP contribution in [0.25, 0.3) is 0 Å². The highest BCUT2D eigenvalue weighted by Crippen LogP contribution is 2.30. The quantitative estimate of drug-likeness (QED) is 0.876. The Morgan fingerprint density at radius 1 is 1.05 bits per heavy atom. The van der Waals surface area contributed by atoms with Crippen LogP contribution in [0.1, 0.15) is 18.1 Å². The highest BCUT2D eigenvalue weighted by atomic mass is 16.5. The number of hydrogen-bond acceptors (Lipinski definition) is 2. The highest BCUT2D eigenvalue weighted by Gasteiger charge is 2.41. The molecule has 3 nitrogen and oxygen atoms in total. The second-order valence-electron chi connectivity index (χ2n) is 4.59. The van der Waals surface area contributed by atoms with Crippen molar-refractivity contribution in [1.82, 2.24) is 0 Å². The number of aliphatic carboxylic acids is 1. The molecule has 2 aromatic carbocycles. The minimum absolute atomic E-state index is 0.307. The first-order valence-electron chi connectivity index (χ1n) is 6.66. The average Bonchev–Trinajstić information content (AvgIpc) is 2.48. The van der Waals surface area contributed by atoms with E-state index < -0.39 is 11.6 Å². The fraction of sp³-hybridized carbons (Fsp3) is 0.235. The molecule has 0 saturated carbocycles. The summed E-state index contributed by atoms with van der Waals surface area (Å²) < 4.78 is 5.68. The summed E-state index contributed by atoms with van der Waals surface area (Å²) in [6, 6.07) is 18.7. The molecular weight excluding hydrogens is 252 g/mol. The van der Waals surface area contributed by atoms with Gasteiger partial charge in [-0.3, -0.25) is 0 Å². The summed E-state index contributed by atoms with van der Waals surface area (Å²) in [5, 5.41) is 9.74. The molecular formula is C17H18O3. The lowest BCUT2D eigenvalue weighted by molar-refractivity contribution is -0.167. The molecule has 0 bridgehead atoms. The third-order valence-corrected chi connectivity index (χ3v) is 3.27. The molecule has 2 rings (SSSR count). The molecule has 104 valence electrons. The van der Waals surface area contributed by atoms with Gasteiger partial charge in [-0.2, -0.15) is 0 Å². The molecule has 0 aliphatic carbocycles. The molecule has 0 aromatic heterocycles. The molecule has 0 aliphatic heterocycles. The van der Waals surface area contributed by atoms with Crippen LogP contribution in [-0.2, 0) is 21.6 Å². The Morgan fingerprint density at radius 2 is 1.60 bits per heavy atom. The van der Waals surface area contributed by atoms with E-state index in [2.05, 4.69) is 0 Å². The van der Waals surface area contributed by atoms with E-state index in [1.54, 1.807) is 12.1 Å². The van der Waals surface area contributed by atoms with E-state index in [-0.39, 0.29) is 0 Å². The van der Waals surface area contributed by atoms with E-state index in [9.17, 15) is 9.90 Å². The van der Waals surface area contributed by atoms with Crippen molar-refractivity contribution >= 4 is 5.97 Å². The van der Waals surface area contributed by atoms with Crippen molar-refractivity contribution in [2.45, 2.75) is 18.9 Å². The van der Waals surface area contributed by atoms with Gasteiger partial charge in [-0.15, -0.1) is 0 Å². The standard InChI is InChI=1S/C17H18O3/c1-2-20-17(16(18)19,15-11-7-4-8-12-15)13-14-9-5-3-6-10-14/h3-12H,2,13H2,1H3,(H,18,19). The Balaban J connectivity index is 2.45. The molecule has 2 aromatic rings. The normalized spacial score (nSPS) is 13.7. The molecule has 1 atom stereocenters.